The van der Waals surface area contributed by atoms with Gasteiger partial charge in [-0.2, -0.15) is 0 Å². The van der Waals surface area contributed by atoms with Gasteiger partial charge in [0.1, 0.15) is 10.8 Å². The third-order valence-electron chi connectivity index (χ3n) is 3.53. The van der Waals surface area contributed by atoms with Crippen molar-refractivity contribution in [2.24, 2.45) is 5.92 Å². The normalized spacial score (nSPS) is 11.1. The first-order valence-corrected chi connectivity index (χ1v) is 9.02. The maximum atomic E-state index is 12.0. The zero-order valence-corrected chi connectivity index (χ0v) is 15.7. The van der Waals surface area contributed by atoms with Gasteiger partial charge in [-0.15, -0.1) is 10.2 Å². The molecule has 1 aromatic carbocycles. The van der Waals surface area contributed by atoms with E-state index in [1.54, 1.807) is 0 Å². The molecule has 0 aliphatic rings. The summed E-state index contributed by atoms with van der Waals surface area (Å²) >= 11 is 1.41. The third kappa shape index (κ3) is 5.30. The number of hydrogen-bond donors (Lipinski definition) is 1. The van der Waals surface area contributed by atoms with Gasteiger partial charge in [-0.1, -0.05) is 45.1 Å². The second kappa shape index (κ2) is 8.24. The monoisotopic (exact) mass is 347 g/mol. The van der Waals surface area contributed by atoms with Crippen LogP contribution in [0.2, 0.25) is 0 Å². The number of carbonyl (C=O) groups excluding carboxylic acids is 1. The average molecular weight is 347 g/mol. The summed E-state index contributed by atoms with van der Waals surface area (Å²) in [7, 11) is 0. The summed E-state index contributed by atoms with van der Waals surface area (Å²) in [6.07, 6.45) is 0.867. The molecule has 130 valence electrons. The molecule has 0 fully saturated rings. The number of nitrogens with zero attached hydrogens (tertiary/aromatic N) is 2. The van der Waals surface area contributed by atoms with Gasteiger partial charge in [0.25, 0.3) is 5.91 Å². The number of ether oxygens (including phenoxy) is 1. The highest BCUT2D eigenvalue weighted by Crippen LogP contribution is 2.23. The predicted octanol–water partition coefficient (Wildman–Crippen LogP) is 4.19. The minimum absolute atomic E-state index is 0.0421. The van der Waals surface area contributed by atoms with Crippen LogP contribution in [0.3, 0.4) is 0 Å². The molecule has 2 aromatic rings. The molecule has 1 amide bonds. The summed E-state index contributed by atoms with van der Waals surface area (Å²) in [5, 5.41) is 12.3. The van der Waals surface area contributed by atoms with E-state index in [9.17, 15) is 4.79 Å². The van der Waals surface area contributed by atoms with E-state index in [-0.39, 0.29) is 12.5 Å². The van der Waals surface area contributed by atoms with Crippen LogP contribution >= 0.6 is 11.3 Å². The maximum absolute atomic E-state index is 12.0. The zero-order valence-electron chi connectivity index (χ0n) is 14.9. The Bertz CT molecular complexity index is 695. The minimum Gasteiger partial charge on any atom is -0.484 e. The molecule has 5 nitrogen and oxygen atoms in total. The molecule has 0 aliphatic carbocycles. The number of amides is 1. The van der Waals surface area contributed by atoms with Crippen molar-refractivity contribution in [3.8, 4) is 5.75 Å². The van der Waals surface area contributed by atoms with Crippen molar-refractivity contribution in [1.29, 1.82) is 0 Å². The van der Waals surface area contributed by atoms with Crippen molar-refractivity contribution in [3.63, 3.8) is 0 Å². The largest absolute Gasteiger partial charge is 0.484 e. The van der Waals surface area contributed by atoms with Crippen LogP contribution in [0.1, 0.15) is 49.7 Å². The highest BCUT2D eigenvalue weighted by atomic mass is 32.1. The summed E-state index contributed by atoms with van der Waals surface area (Å²) in [6, 6.07) is 5.92. The van der Waals surface area contributed by atoms with Crippen LogP contribution in [0.25, 0.3) is 0 Å². The molecule has 0 bridgehead atoms. The van der Waals surface area contributed by atoms with Crippen molar-refractivity contribution in [1.82, 2.24) is 10.2 Å². The Morgan fingerprint density at radius 2 is 2.00 bits per heavy atom. The summed E-state index contributed by atoms with van der Waals surface area (Å²) in [5.74, 6) is 1.46. The van der Waals surface area contributed by atoms with Gasteiger partial charge in [0.15, 0.2) is 6.61 Å². The molecule has 0 saturated heterocycles. The van der Waals surface area contributed by atoms with Gasteiger partial charge in [-0.3, -0.25) is 10.1 Å². The van der Waals surface area contributed by atoms with Crippen LogP contribution in [-0.2, 0) is 11.2 Å². The fourth-order valence-corrected chi connectivity index (χ4v) is 3.39. The smallest absolute Gasteiger partial charge is 0.264 e. The SMILES string of the molecule is Cc1cc(OCC(=O)Nc2nnc(CC(C)C)s2)ccc1C(C)C. The zero-order chi connectivity index (χ0) is 17.7. The second-order valence-electron chi connectivity index (χ2n) is 6.61. The number of anilines is 1. The fourth-order valence-electron chi connectivity index (χ4n) is 2.43. The molecule has 0 radical (unpaired) electrons. The van der Waals surface area contributed by atoms with Crippen molar-refractivity contribution in [3.05, 3.63) is 34.3 Å². The fraction of sp³-hybridized carbons (Fsp3) is 0.500. The Kier molecular flexibility index (Phi) is 6.31. The quantitative estimate of drug-likeness (QED) is 0.816. The van der Waals surface area contributed by atoms with Crippen LogP contribution < -0.4 is 10.1 Å². The summed E-state index contributed by atoms with van der Waals surface area (Å²) in [5.41, 5.74) is 2.46. The second-order valence-corrected chi connectivity index (χ2v) is 7.67. The lowest BCUT2D eigenvalue weighted by Crippen LogP contribution is -2.20. The molecule has 6 heteroatoms. The first-order valence-electron chi connectivity index (χ1n) is 8.20. The van der Waals surface area contributed by atoms with Gasteiger partial charge in [0.05, 0.1) is 0 Å². The number of hydrogen-bond acceptors (Lipinski definition) is 5. The van der Waals surface area contributed by atoms with Gasteiger partial charge < -0.3 is 4.74 Å². The molecule has 0 saturated carbocycles. The summed E-state index contributed by atoms with van der Waals surface area (Å²) in [4.78, 5) is 12.0. The van der Waals surface area contributed by atoms with E-state index in [0.29, 0.717) is 22.7 Å². The van der Waals surface area contributed by atoms with Gasteiger partial charge in [0.2, 0.25) is 5.13 Å². The molecular formula is C18H25N3O2S. The van der Waals surface area contributed by atoms with Crippen LogP contribution in [0.15, 0.2) is 18.2 Å². The van der Waals surface area contributed by atoms with Crippen molar-refractivity contribution in [2.45, 2.75) is 47.0 Å². The molecule has 1 N–H and O–H groups in total. The number of nitrogens with one attached hydrogen (secondary N) is 1. The Morgan fingerprint density at radius 3 is 2.62 bits per heavy atom. The Hall–Kier alpha value is -1.95. The van der Waals surface area contributed by atoms with Crippen molar-refractivity contribution < 1.29 is 9.53 Å². The molecule has 1 aromatic heterocycles. The van der Waals surface area contributed by atoms with E-state index >= 15 is 0 Å². The summed E-state index contributed by atoms with van der Waals surface area (Å²) < 4.78 is 5.57. The topological polar surface area (TPSA) is 64.1 Å². The Labute approximate surface area is 147 Å². The number of benzene rings is 1. The first-order chi connectivity index (χ1) is 11.3. The molecular weight excluding hydrogens is 322 g/mol. The van der Waals surface area contributed by atoms with Crippen LogP contribution in [0.5, 0.6) is 5.75 Å². The Morgan fingerprint density at radius 1 is 1.25 bits per heavy atom. The van der Waals surface area contributed by atoms with Gasteiger partial charge in [-0.25, -0.2) is 0 Å². The van der Waals surface area contributed by atoms with E-state index in [1.165, 1.54) is 22.5 Å². The van der Waals surface area contributed by atoms with Gasteiger partial charge >= 0.3 is 0 Å². The third-order valence-corrected chi connectivity index (χ3v) is 4.39. The van der Waals surface area contributed by atoms with E-state index in [1.807, 2.05) is 12.1 Å². The van der Waals surface area contributed by atoms with Crippen LogP contribution in [0.4, 0.5) is 5.13 Å². The lowest BCUT2D eigenvalue weighted by molar-refractivity contribution is -0.118. The number of rotatable bonds is 7. The van der Waals surface area contributed by atoms with Crippen LogP contribution in [-0.4, -0.2) is 22.7 Å². The Balaban J connectivity index is 1.87. The van der Waals surface area contributed by atoms with E-state index in [2.05, 4.69) is 56.2 Å². The maximum Gasteiger partial charge on any atom is 0.264 e. The van der Waals surface area contributed by atoms with Crippen molar-refractivity contribution in [2.75, 3.05) is 11.9 Å². The highest BCUT2D eigenvalue weighted by molar-refractivity contribution is 7.15. The molecule has 24 heavy (non-hydrogen) atoms. The minimum atomic E-state index is -0.229. The lowest BCUT2D eigenvalue weighted by atomic mass is 9.98. The van der Waals surface area contributed by atoms with Crippen LogP contribution in [0, 0.1) is 12.8 Å². The van der Waals surface area contributed by atoms with E-state index in [4.69, 9.17) is 4.74 Å². The molecule has 0 spiro atoms. The highest BCUT2D eigenvalue weighted by Gasteiger charge is 2.11. The van der Waals surface area contributed by atoms with E-state index in [0.717, 1.165) is 11.4 Å². The molecule has 0 unspecified atom stereocenters. The lowest BCUT2D eigenvalue weighted by Gasteiger charge is -2.12. The number of carbonyl (C=O) groups is 1. The van der Waals surface area contributed by atoms with Gasteiger partial charge in [0, 0.05) is 6.42 Å². The van der Waals surface area contributed by atoms with E-state index < -0.39 is 0 Å². The van der Waals surface area contributed by atoms with Crippen molar-refractivity contribution >= 4 is 22.4 Å². The molecule has 0 atom stereocenters. The average Bonchev–Trinajstić information content (AvgIpc) is 2.91. The number of aryl methyl sites for hydroxylation is 1. The molecule has 1 heterocycles. The molecule has 0 aliphatic heterocycles. The number of aromatic nitrogens is 2. The van der Waals surface area contributed by atoms with Gasteiger partial charge in [-0.05, 0) is 42.0 Å². The summed E-state index contributed by atoms with van der Waals surface area (Å²) in [6.45, 7) is 10.6. The predicted molar refractivity (Wildman–Crippen MR) is 97.8 cm³/mol. The molecule has 2 rings (SSSR count). The first kappa shape index (κ1) is 18.4. The standard InChI is InChI=1S/C18H25N3O2S/c1-11(2)8-17-20-21-18(24-17)19-16(22)10-23-14-6-7-15(12(3)4)13(5)9-14/h6-7,9,11-12H,8,10H2,1-5H3,(H,19,21,22).